The van der Waals surface area contributed by atoms with Gasteiger partial charge in [-0.15, -0.1) is 30.6 Å². The molecule has 0 spiro atoms. The van der Waals surface area contributed by atoms with Crippen molar-refractivity contribution in [2.24, 2.45) is 17.2 Å². The number of carbonyl (C=O) groups is 3. The predicted octanol–water partition coefficient (Wildman–Crippen LogP) is -2.30. The smallest absolute Gasteiger partial charge is 0.348 e. The van der Waals surface area contributed by atoms with Crippen LogP contribution in [0.5, 0.6) is 0 Å². The van der Waals surface area contributed by atoms with Gasteiger partial charge in [-0.2, -0.15) is 0 Å². The van der Waals surface area contributed by atoms with Crippen LogP contribution in [0, 0.1) is 0 Å². The largest absolute Gasteiger partial charge is 0.356 e. The van der Waals surface area contributed by atoms with E-state index in [4.69, 9.17) is 17.2 Å². The highest BCUT2D eigenvalue weighted by atomic mass is 16.2. The van der Waals surface area contributed by atoms with Gasteiger partial charge >= 0.3 is 18.1 Å². The maximum atomic E-state index is 11.3. The molecule has 0 fully saturated rings. The molecular weight excluding hydrogens is 324 g/mol. The molecule has 120 valence electrons. The van der Waals surface area contributed by atoms with E-state index in [0.29, 0.717) is 14.4 Å². The second-order valence-electron chi connectivity index (χ2n) is 4.57. The Morgan fingerprint density at radius 3 is 0.792 bits per heavy atom. The lowest BCUT2D eigenvalue weighted by atomic mass is 10.2. The molecule has 1 aromatic carbocycles. The maximum absolute atomic E-state index is 11.3. The first-order valence-electron chi connectivity index (χ1n) is 6.19. The molecule has 4 rings (SSSR count). The number of nitrogens with two attached hydrogens (primary N) is 3. The molecule has 0 aliphatic rings. The summed E-state index contributed by atoms with van der Waals surface area (Å²) in [7, 11) is 0. The van der Waals surface area contributed by atoms with Crippen molar-refractivity contribution in [2.45, 2.75) is 0 Å². The molecular formula is C9H6N12O3. The zero-order valence-corrected chi connectivity index (χ0v) is 11.5. The summed E-state index contributed by atoms with van der Waals surface area (Å²) in [6, 6.07) is -2.88. The molecule has 0 aliphatic carbocycles. The first-order chi connectivity index (χ1) is 11.4. The lowest BCUT2D eigenvalue weighted by Gasteiger charge is -1.87. The van der Waals surface area contributed by atoms with Crippen molar-refractivity contribution >= 4 is 51.2 Å². The van der Waals surface area contributed by atoms with Crippen molar-refractivity contribution in [1.82, 2.24) is 45.0 Å². The molecule has 4 aromatic rings. The molecule has 6 N–H and O–H groups in total. The van der Waals surface area contributed by atoms with E-state index in [1.165, 1.54) is 0 Å². The molecule has 0 radical (unpaired) electrons. The zero-order chi connectivity index (χ0) is 17.2. The SMILES string of the molecule is NC(=O)n1nc2c3nn(C(N)=O)nc3c3nn(C(N)=O)nc3c2n1. The highest BCUT2D eigenvalue weighted by molar-refractivity contribution is 6.18. The van der Waals surface area contributed by atoms with E-state index < -0.39 is 18.1 Å². The van der Waals surface area contributed by atoms with Crippen molar-refractivity contribution in [1.29, 1.82) is 0 Å². The van der Waals surface area contributed by atoms with Gasteiger partial charge < -0.3 is 17.2 Å². The summed E-state index contributed by atoms with van der Waals surface area (Å²) in [6.45, 7) is 0. The highest BCUT2D eigenvalue weighted by Gasteiger charge is 2.24. The molecule has 3 heterocycles. The van der Waals surface area contributed by atoms with Gasteiger partial charge in [-0.25, -0.2) is 14.4 Å². The first-order valence-corrected chi connectivity index (χ1v) is 6.19. The van der Waals surface area contributed by atoms with Crippen molar-refractivity contribution in [3.63, 3.8) is 0 Å². The second kappa shape index (κ2) is 4.18. The number of amides is 3. The van der Waals surface area contributed by atoms with Crippen LogP contribution in [0.15, 0.2) is 0 Å². The lowest BCUT2D eigenvalue weighted by molar-refractivity contribution is 0.243. The van der Waals surface area contributed by atoms with Crippen LogP contribution in [0.25, 0.3) is 33.1 Å². The molecule has 0 aliphatic heterocycles. The Morgan fingerprint density at radius 2 is 0.667 bits per heavy atom. The van der Waals surface area contributed by atoms with Gasteiger partial charge in [-0.1, -0.05) is 14.4 Å². The van der Waals surface area contributed by atoms with Crippen LogP contribution in [-0.2, 0) is 0 Å². The van der Waals surface area contributed by atoms with Crippen molar-refractivity contribution < 1.29 is 14.4 Å². The normalized spacial score (nSPS) is 11.5. The third-order valence-corrected chi connectivity index (χ3v) is 3.11. The number of aromatic nitrogens is 9. The quantitative estimate of drug-likeness (QED) is 0.315. The summed E-state index contributed by atoms with van der Waals surface area (Å²) >= 11 is 0. The number of fused-ring (bicyclic) bond motifs is 6. The maximum Gasteiger partial charge on any atom is 0.356 e. The van der Waals surface area contributed by atoms with Gasteiger partial charge in [-0.05, 0) is 0 Å². The second-order valence-corrected chi connectivity index (χ2v) is 4.57. The number of nitrogens with zero attached hydrogens (tertiary/aromatic N) is 9. The minimum Gasteiger partial charge on any atom is -0.348 e. The van der Waals surface area contributed by atoms with Crippen LogP contribution in [0.4, 0.5) is 14.4 Å². The molecule has 3 amide bonds. The van der Waals surface area contributed by atoms with Gasteiger partial charge in [0.25, 0.3) is 0 Å². The van der Waals surface area contributed by atoms with Crippen LogP contribution in [0.2, 0.25) is 0 Å². The van der Waals surface area contributed by atoms with Crippen molar-refractivity contribution in [3.05, 3.63) is 0 Å². The van der Waals surface area contributed by atoms with E-state index in [1.54, 1.807) is 0 Å². The Hall–Kier alpha value is -4.17. The summed E-state index contributed by atoms with van der Waals surface area (Å²) in [5, 5.41) is 23.3. The number of primary amides is 3. The topological polar surface area (TPSA) is 221 Å². The molecule has 3 aromatic heterocycles. The van der Waals surface area contributed by atoms with Gasteiger partial charge in [0.2, 0.25) is 0 Å². The average molecular weight is 330 g/mol. The van der Waals surface area contributed by atoms with Gasteiger partial charge in [-0.3, -0.25) is 0 Å². The fourth-order valence-corrected chi connectivity index (χ4v) is 2.17. The van der Waals surface area contributed by atoms with E-state index in [9.17, 15) is 14.4 Å². The number of hydrogen-bond donors (Lipinski definition) is 3. The van der Waals surface area contributed by atoms with Crippen LogP contribution in [0.1, 0.15) is 0 Å². The molecule has 15 heteroatoms. The monoisotopic (exact) mass is 330 g/mol. The number of rotatable bonds is 0. The summed E-state index contributed by atoms with van der Waals surface area (Å²) in [5.74, 6) is 0. The van der Waals surface area contributed by atoms with Crippen molar-refractivity contribution in [2.75, 3.05) is 0 Å². The molecule has 24 heavy (non-hydrogen) atoms. The van der Waals surface area contributed by atoms with E-state index in [0.717, 1.165) is 0 Å². The van der Waals surface area contributed by atoms with Crippen LogP contribution >= 0.6 is 0 Å². The summed E-state index contributed by atoms with van der Waals surface area (Å²) in [6.07, 6.45) is 0. The van der Waals surface area contributed by atoms with E-state index in [2.05, 4.69) is 30.6 Å². The standard InChI is InChI=1S/C9H6N12O3/c10-7(22)19-13-1-2(14-19)4-6(18-21(17-4)9(12)24)5-3(1)15-20(16-5)8(11)23/h(H2,10,22)(H2,11,23)(H2,12,24). The number of hydrogen-bond acceptors (Lipinski definition) is 9. The highest BCUT2D eigenvalue weighted by Crippen LogP contribution is 2.28. The molecule has 0 bridgehead atoms. The molecule has 0 saturated carbocycles. The Kier molecular flexibility index (Phi) is 2.35. The summed E-state index contributed by atoms with van der Waals surface area (Å²) in [5.41, 5.74) is 15.8. The Labute approximate surface area is 128 Å². The zero-order valence-electron chi connectivity index (χ0n) is 11.5. The summed E-state index contributed by atoms with van der Waals surface area (Å²) in [4.78, 5) is 35.7. The predicted molar refractivity (Wildman–Crippen MR) is 74.6 cm³/mol. The minimum absolute atomic E-state index is 0.0697. The average Bonchev–Trinajstić information content (AvgIpc) is 3.21. The number of benzene rings is 1. The van der Waals surface area contributed by atoms with Crippen molar-refractivity contribution in [3.8, 4) is 0 Å². The van der Waals surface area contributed by atoms with E-state index in [1.807, 2.05) is 0 Å². The van der Waals surface area contributed by atoms with Crippen LogP contribution in [-0.4, -0.2) is 63.1 Å². The van der Waals surface area contributed by atoms with Gasteiger partial charge in [0.05, 0.1) is 0 Å². The molecule has 15 nitrogen and oxygen atoms in total. The van der Waals surface area contributed by atoms with Gasteiger partial charge in [0, 0.05) is 0 Å². The lowest BCUT2D eigenvalue weighted by Crippen LogP contribution is -2.22. The van der Waals surface area contributed by atoms with Crippen LogP contribution in [0.3, 0.4) is 0 Å². The van der Waals surface area contributed by atoms with Gasteiger partial charge in [0.1, 0.15) is 33.1 Å². The Bertz CT molecular complexity index is 949. The first kappa shape index (κ1) is 13.5. The molecule has 0 saturated heterocycles. The fraction of sp³-hybridized carbons (Fsp3) is 0. The summed E-state index contributed by atoms with van der Waals surface area (Å²) < 4.78 is 0. The van der Waals surface area contributed by atoms with Crippen LogP contribution < -0.4 is 17.2 Å². The number of carbonyl (C=O) groups excluding carboxylic acids is 3. The molecule has 0 atom stereocenters. The van der Waals surface area contributed by atoms with E-state index in [-0.39, 0.29) is 33.1 Å². The fourth-order valence-electron chi connectivity index (χ4n) is 2.17. The third kappa shape index (κ3) is 1.62. The minimum atomic E-state index is -0.961. The molecule has 0 unspecified atom stereocenters. The third-order valence-electron chi connectivity index (χ3n) is 3.11. The van der Waals surface area contributed by atoms with E-state index >= 15 is 0 Å². The Morgan fingerprint density at radius 1 is 0.500 bits per heavy atom. The van der Waals surface area contributed by atoms with Gasteiger partial charge in [0.15, 0.2) is 0 Å². The Balaban J connectivity index is 2.25.